The first-order valence-corrected chi connectivity index (χ1v) is 10.7. The summed E-state index contributed by atoms with van der Waals surface area (Å²) in [5.41, 5.74) is 3.05. The Labute approximate surface area is 181 Å². The van der Waals surface area contributed by atoms with Crippen molar-refractivity contribution in [3.05, 3.63) is 59.5 Å². The molecule has 0 spiro atoms. The molecule has 2 aromatic carbocycles. The highest BCUT2D eigenvalue weighted by atomic mass is 16.7. The number of aryl methyl sites for hydroxylation is 1. The van der Waals surface area contributed by atoms with Crippen molar-refractivity contribution in [2.45, 2.75) is 32.6 Å². The van der Waals surface area contributed by atoms with E-state index in [1.807, 2.05) is 54.3 Å². The quantitative estimate of drug-likeness (QED) is 0.626. The van der Waals surface area contributed by atoms with Gasteiger partial charge in [0.2, 0.25) is 24.4 Å². The van der Waals surface area contributed by atoms with E-state index in [1.165, 1.54) is 0 Å². The monoisotopic (exact) mass is 419 g/mol. The maximum Gasteiger partial charge on any atom is 0.231 e. The van der Waals surface area contributed by atoms with Gasteiger partial charge in [-0.3, -0.25) is 4.79 Å². The molecule has 1 amide bonds. The van der Waals surface area contributed by atoms with E-state index in [4.69, 9.17) is 14.0 Å². The van der Waals surface area contributed by atoms with Gasteiger partial charge in [-0.15, -0.1) is 0 Å². The predicted octanol–water partition coefficient (Wildman–Crippen LogP) is 3.80. The lowest BCUT2D eigenvalue weighted by Crippen LogP contribution is -2.41. The number of hydrogen-bond donors (Lipinski definition) is 0. The van der Waals surface area contributed by atoms with Crippen LogP contribution in [0.4, 0.5) is 0 Å². The van der Waals surface area contributed by atoms with Gasteiger partial charge in [0.05, 0.1) is 6.42 Å². The topological polar surface area (TPSA) is 77.7 Å². The molecule has 0 saturated carbocycles. The standard InChI is InChI=1S/C24H25N3O4/c1-16-5-2-3-7-19(16)24-25-22(31-26-24)12-18-6-4-10-27(14-18)23(28)13-17-8-9-20-21(11-17)30-15-29-20/h2-3,5,7-9,11,18H,4,6,10,12-15H2,1H3/t18-/m0/s1. The zero-order chi connectivity index (χ0) is 21.2. The van der Waals surface area contributed by atoms with Crippen molar-refractivity contribution in [2.75, 3.05) is 19.9 Å². The van der Waals surface area contributed by atoms with Crippen LogP contribution >= 0.6 is 0 Å². The van der Waals surface area contributed by atoms with Crippen LogP contribution in [0.15, 0.2) is 47.0 Å². The first kappa shape index (κ1) is 19.6. The zero-order valence-electron chi connectivity index (χ0n) is 17.5. The van der Waals surface area contributed by atoms with Crippen molar-refractivity contribution in [1.82, 2.24) is 15.0 Å². The number of rotatable bonds is 5. The maximum atomic E-state index is 12.9. The number of nitrogens with zero attached hydrogens (tertiary/aromatic N) is 3. The highest BCUT2D eigenvalue weighted by Gasteiger charge is 2.26. The van der Waals surface area contributed by atoms with Gasteiger partial charge in [0.1, 0.15) is 0 Å². The van der Waals surface area contributed by atoms with Gasteiger partial charge in [-0.25, -0.2) is 0 Å². The molecule has 0 N–H and O–H groups in total. The predicted molar refractivity (Wildman–Crippen MR) is 114 cm³/mol. The summed E-state index contributed by atoms with van der Waals surface area (Å²) in [4.78, 5) is 19.4. The molecule has 7 heteroatoms. The highest BCUT2D eigenvalue weighted by molar-refractivity contribution is 5.79. The Bertz CT molecular complexity index is 1090. The second kappa shape index (κ2) is 8.41. The number of ether oxygens (including phenoxy) is 2. The Morgan fingerprint density at radius 2 is 2.03 bits per heavy atom. The minimum atomic E-state index is 0.134. The van der Waals surface area contributed by atoms with Gasteiger partial charge in [-0.1, -0.05) is 35.5 Å². The first-order valence-electron chi connectivity index (χ1n) is 10.7. The molecular formula is C24H25N3O4. The van der Waals surface area contributed by atoms with Crippen LogP contribution in [0.2, 0.25) is 0 Å². The van der Waals surface area contributed by atoms with E-state index >= 15 is 0 Å². The fourth-order valence-electron chi connectivity index (χ4n) is 4.31. The van der Waals surface area contributed by atoms with Crippen LogP contribution in [0.25, 0.3) is 11.4 Å². The van der Waals surface area contributed by atoms with Crippen molar-refractivity contribution in [2.24, 2.45) is 5.92 Å². The number of aromatic nitrogens is 2. The molecule has 3 aromatic rings. The number of amides is 1. The van der Waals surface area contributed by atoms with Crippen molar-refractivity contribution >= 4 is 5.91 Å². The summed E-state index contributed by atoms with van der Waals surface area (Å²) >= 11 is 0. The van der Waals surface area contributed by atoms with E-state index in [0.29, 0.717) is 42.8 Å². The summed E-state index contributed by atoms with van der Waals surface area (Å²) in [5, 5.41) is 4.16. The number of benzene rings is 2. The maximum absolute atomic E-state index is 12.9. The summed E-state index contributed by atoms with van der Waals surface area (Å²) in [6, 6.07) is 13.7. The Hall–Kier alpha value is -3.35. The molecule has 1 atom stereocenters. The lowest BCUT2D eigenvalue weighted by atomic mass is 9.94. The fourth-order valence-corrected chi connectivity index (χ4v) is 4.31. The molecule has 0 bridgehead atoms. The molecule has 1 aromatic heterocycles. The molecule has 0 radical (unpaired) electrons. The molecular weight excluding hydrogens is 394 g/mol. The average molecular weight is 419 g/mol. The van der Waals surface area contributed by atoms with Crippen molar-refractivity contribution in [1.29, 1.82) is 0 Å². The second-order valence-corrected chi connectivity index (χ2v) is 8.24. The molecule has 31 heavy (non-hydrogen) atoms. The summed E-state index contributed by atoms with van der Waals surface area (Å²) in [5.74, 6) is 3.16. The van der Waals surface area contributed by atoms with Crippen LogP contribution in [0.3, 0.4) is 0 Å². The van der Waals surface area contributed by atoms with Crippen molar-refractivity contribution in [3.8, 4) is 22.9 Å². The number of likely N-dealkylation sites (tertiary alicyclic amines) is 1. The molecule has 0 unspecified atom stereocenters. The lowest BCUT2D eigenvalue weighted by Gasteiger charge is -2.32. The van der Waals surface area contributed by atoms with E-state index in [1.54, 1.807) is 0 Å². The molecule has 1 fully saturated rings. The van der Waals surface area contributed by atoms with Crippen LogP contribution in [0.5, 0.6) is 11.5 Å². The normalized spacial score (nSPS) is 17.7. The summed E-state index contributed by atoms with van der Waals surface area (Å²) < 4.78 is 16.3. The molecule has 3 heterocycles. The SMILES string of the molecule is Cc1ccccc1-c1noc(C[C@@H]2CCCN(C(=O)Cc3ccc4c(c3)OCO4)C2)n1. The number of hydrogen-bond acceptors (Lipinski definition) is 6. The summed E-state index contributed by atoms with van der Waals surface area (Å²) in [7, 11) is 0. The Balaban J connectivity index is 1.21. The van der Waals surface area contributed by atoms with Crippen LogP contribution in [-0.4, -0.2) is 40.8 Å². The lowest BCUT2D eigenvalue weighted by molar-refractivity contribution is -0.132. The van der Waals surface area contributed by atoms with E-state index < -0.39 is 0 Å². The Morgan fingerprint density at radius 1 is 1.16 bits per heavy atom. The third-order valence-corrected chi connectivity index (χ3v) is 5.98. The molecule has 2 aliphatic rings. The van der Waals surface area contributed by atoms with Gasteiger partial charge < -0.3 is 18.9 Å². The average Bonchev–Trinajstić information content (AvgIpc) is 3.43. The zero-order valence-corrected chi connectivity index (χ0v) is 17.5. The first-order chi connectivity index (χ1) is 15.2. The molecule has 5 rings (SSSR count). The molecule has 1 saturated heterocycles. The van der Waals surface area contributed by atoms with Crippen LogP contribution < -0.4 is 9.47 Å². The van der Waals surface area contributed by atoms with Gasteiger partial charge in [-0.05, 0) is 48.9 Å². The van der Waals surface area contributed by atoms with Crippen LogP contribution in [-0.2, 0) is 17.6 Å². The number of carbonyl (C=O) groups excluding carboxylic acids is 1. The number of carbonyl (C=O) groups is 1. The number of fused-ring (bicyclic) bond motifs is 1. The second-order valence-electron chi connectivity index (χ2n) is 8.24. The fraction of sp³-hybridized carbons (Fsp3) is 0.375. The highest BCUT2D eigenvalue weighted by Crippen LogP contribution is 2.33. The molecule has 7 nitrogen and oxygen atoms in total. The van der Waals surface area contributed by atoms with Crippen LogP contribution in [0, 0.1) is 12.8 Å². The molecule has 0 aliphatic carbocycles. The van der Waals surface area contributed by atoms with Crippen LogP contribution in [0.1, 0.15) is 29.9 Å². The third kappa shape index (κ3) is 4.26. The third-order valence-electron chi connectivity index (χ3n) is 5.98. The largest absolute Gasteiger partial charge is 0.454 e. The number of piperidine rings is 1. The smallest absolute Gasteiger partial charge is 0.231 e. The van der Waals surface area contributed by atoms with Gasteiger partial charge >= 0.3 is 0 Å². The van der Waals surface area contributed by atoms with E-state index in [9.17, 15) is 4.79 Å². The van der Waals surface area contributed by atoms with E-state index in [-0.39, 0.29) is 12.7 Å². The summed E-state index contributed by atoms with van der Waals surface area (Å²) in [6.45, 7) is 3.78. The molecule has 160 valence electrons. The van der Waals surface area contributed by atoms with E-state index in [0.717, 1.165) is 41.8 Å². The Kier molecular flexibility index (Phi) is 5.32. The Morgan fingerprint density at radius 3 is 2.94 bits per heavy atom. The minimum Gasteiger partial charge on any atom is -0.454 e. The molecule has 2 aliphatic heterocycles. The minimum absolute atomic E-state index is 0.134. The van der Waals surface area contributed by atoms with Crippen molar-refractivity contribution < 1.29 is 18.8 Å². The van der Waals surface area contributed by atoms with Gasteiger partial charge in [-0.2, -0.15) is 4.98 Å². The van der Waals surface area contributed by atoms with E-state index in [2.05, 4.69) is 10.1 Å². The van der Waals surface area contributed by atoms with Crippen molar-refractivity contribution in [3.63, 3.8) is 0 Å². The van der Waals surface area contributed by atoms with Gasteiger partial charge in [0.15, 0.2) is 11.5 Å². The van der Waals surface area contributed by atoms with Gasteiger partial charge in [0, 0.05) is 25.1 Å². The van der Waals surface area contributed by atoms with Gasteiger partial charge in [0.25, 0.3) is 0 Å². The summed E-state index contributed by atoms with van der Waals surface area (Å²) in [6.07, 6.45) is 3.08.